The summed E-state index contributed by atoms with van der Waals surface area (Å²) < 4.78 is 59.9. The van der Waals surface area contributed by atoms with Crippen molar-refractivity contribution in [1.82, 2.24) is 0 Å². The highest BCUT2D eigenvalue weighted by atomic mass is 32.2. The topological polar surface area (TPSA) is 187 Å². The van der Waals surface area contributed by atoms with Gasteiger partial charge in [0.25, 0.3) is 0 Å². The number of rotatable bonds is 7. The molecule has 50 heavy (non-hydrogen) atoms. The van der Waals surface area contributed by atoms with Gasteiger partial charge < -0.3 is 39.4 Å². The molecule has 0 spiro atoms. The standard InChI is InChI=1S/C12H15NO4S.C9H19NO3.C5H9NO2.C5H8O2.4CH4/c1-10-2-4-12(5-3-10)18(14,15)17-13-11-6-8-16-9-7-11;1-3-12-9(13-4-2)5-6-11-7-8(9)10;7-6-5-1-3-8-4-2-5;6-5-1-3-7-4-2-5;;;;/h2-5H,6-9H2,1H3;8H,3-7,10H2,1-2H3;7H,1-4H2;1-4H2;4*1H4. The molecule has 3 N–H and O–H groups in total. The van der Waals surface area contributed by atoms with Crippen molar-refractivity contribution < 1.29 is 51.1 Å². The Hall–Kier alpha value is -2.50. The van der Waals surface area contributed by atoms with Crippen LogP contribution in [-0.4, -0.2) is 109 Å². The summed E-state index contributed by atoms with van der Waals surface area (Å²) >= 11 is 0. The van der Waals surface area contributed by atoms with E-state index >= 15 is 0 Å². The van der Waals surface area contributed by atoms with Gasteiger partial charge in [0.1, 0.15) is 10.7 Å². The molecular formula is C35H67N3O11S. The van der Waals surface area contributed by atoms with Gasteiger partial charge in [0.05, 0.1) is 70.3 Å². The first-order chi connectivity index (χ1) is 22.2. The summed E-state index contributed by atoms with van der Waals surface area (Å²) in [6.45, 7) is 12.0. The van der Waals surface area contributed by atoms with Gasteiger partial charge in [-0.25, -0.2) is 0 Å². The number of oxime groups is 2. The number of aryl methyl sites for hydroxylation is 1. The van der Waals surface area contributed by atoms with Crippen LogP contribution in [0.3, 0.4) is 0 Å². The van der Waals surface area contributed by atoms with Gasteiger partial charge in [-0.2, -0.15) is 8.42 Å². The van der Waals surface area contributed by atoms with Crippen LogP contribution in [0.25, 0.3) is 0 Å². The number of benzene rings is 1. The molecule has 4 heterocycles. The molecule has 4 fully saturated rings. The van der Waals surface area contributed by atoms with Crippen LogP contribution in [0.1, 0.15) is 94.1 Å². The molecule has 294 valence electrons. The van der Waals surface area contributed by atoms with E-state index in [9.17, 15) is 13.2 Å². The SMILES string of the molecule is C.C.C.C.CCOC1(OCC)CCOCC1N.Cc1ccc(S(=O)(=O)ON=C2CCOCC2)cc1.O=C1CCOCC1.ON=C1CCOCC1. The molecule has 0 bridgehead atoms. The fourth-order valence-corrected chi connectivity index (χ4v) is 5.24. The van der Waals surface area contributed by atoms with Crippen molar-refractivity contribution in [2.75, 3.05) is 66.1 Å². The molecule has 1 aromatic carbocycles. The highest BCUT2D eigenvalue weighted by molar-refractivity contribution is 7.86. The molecule has 0 aliphatic carbocycles. The summed E-state index contributed by atoms with van der Waals surface area (Å²) in [6.07, 6.45) is 4.77. The third-order valence-corrected chi connectivity index (χ3v) is 8.26. The van der Waals surface area contributed by atoms with Gasteiger partial charge in [0.2, 0.25) is 0 Å². The first-order valence-corrected chi connectivity index (χ1v) is 17.2. The van der Waals surface area contributed by atoms with E-state index in [4.69, 9.17) is 43.6 Å². The number of Topliss-reactive ketones (excluding diaryl/α,β-unsaturated/α-hetero) is 1. The lowest BCUT2D eigenvalue weighted by Gasteiger charge is -2.40. The summed E-state index contributed by atoms with van der Waals surface area (Å²) in [7, 11) is -3.80. The number of hydrogen-bond donors (Lipinski definition) is 2. The van der Waals surface area contributed by atoms with E-state index in [0.29, 0.717) is 97.5 Å². The highest BCUT2D eigenvalue weighted by Crippen LogP contribution is 2.25. The Morgan fingerprint density at radius 1 is 0.780 bits per heavy atom. The number of ketones is 1. The number of nitrogens with zero attached hydrogens (tertiary/aromatic N) is 2. The molecule has 0 radical (unpaired) electrons. The van der Waals surface area contributed by atoms with E-state index in [1.165, 1.54) is 12.1 Å². The van der Waals surface area contributed by atoms with Crippen molar-refractivity contribution in [3.8, 4) is 0 Å². The molecule has 1 aromatic rings. The van der Waals surface area contributed by atoms with E-state index in [2.05, 4.69) is 10.3 Å². The van der Waals surface area contributed by atoms with E-state index < -0.39 is 15.9 Å². The quantitative estimate of drug-likeness (QED) is 0.192. The lowest BCUT2D eigenvalue weighted by atomic mass is 10.0. The van der Waals surface area contributed by atoms with Gasteiger partial charge in [-0.05, 0) is 32.9 Å². The van der Waals surface area contributed by atoms with Crippen molar-refractivity contribution >= 4 is 27.3 Å². The maximum atomic E-state index is 11.8. The fourth-order valence-electron chi connectivity index (χ4n) is 4.48. The molecule has 4 aliphatic rings. The summed E-state index contributed by atoms with van der Waals surface area (Å²) in [5.41, 5.74) is 8.48. The van der Waals surface area contributed by atoms with Crippen LogP contribution in [0, 0.1) is 6.92 Å². The summed E-state index contributed by atoms with van der Waals surface area (Å²) in [5, 5.41) is 15.0. The Morgan fingerprint density at radius 2 is 1.24 bits per heavy atom. The van der Waals surface area contributed by atoms with Gasteiger partial charge in [-0.15, -0.1) is 0 Å². The second-order valence-corrected chi connectivity index (χ2v) is 12.2. The number of nitrogens with two attached hydrogens (primary N) is 1. The van der Waals surface area contributed by atoms with E-state index in [1.54, 1.807) is 12.1 Å². The molecule has 0 amide bonds. The number of hydrogen-bond acceptors (Lipinski definition) is 14. The van der Waals surface area contributed by atoms with Crippen LogP contribution in [-0.2, 0) is 47.6 Å². The number of carbonyl (C=O) groups excluding carboxylic acids is 1. The Labute approximate surface area is 302 Å². The van der Waals surface area contributed by atoms with Gasteiger partial charge in [0.15, 0.2) is 5.79 Å². The third-order valence-electron chi connectivity index (χ3n) is 7.14. The van der Waals surface area contributed by atoms with Crippen LogP contribution in [0.2, 0.25) is 0 Å². The average molecular weight is 738 g/mol. The van der Waals surface area contributed by atoms with E-state index in [-0.39, 0.29) is 40.6 Å². The fraction of sp³-hybridized carbons (Fsp3) is 0.743. The molecule has 0 aromatic heterocycles. The molecule has 5 rings (SSSR count). The number of ether oxygens (including phenoxy) is 6. The van der Waals surface area contributed by atoms with Crippen LogP contribution >= 0.6 is 0 Å². The zero-order chi connectivity index (χ0) is 33.7. The predicted octanol–water partition coefficient (Wildman–Crippen LogP) is 5.91. The third kappa shape index (κ3) is 19.8. The summed E-state index contributed by atoms with van der Waals surface area (Å²) in [5.74, 6) is -0.270. The monoisotopic (exact) mass is 737 g/mol. The van der Waals surface area contributed by atoms with Gasteiger partial charge in [0, 0.05) is 58.2 Å². The molecule has 4 saturated heterocycles. The first-order valence-electron chi connectivity index (χ1n) is 15.8. The second kappa shape index (κ2) is 29.1. The van der Waals surface area contributed by atoms with Crippen molar-refractivity contribution in [1.29, 1.82) is 0 Å². The van der Waals surface area contributed by atoms with E-state index in [1.807, 2.05) is 20.8 Å². The highest BCUT2D eigenvalue weighted by Gasteiger charge is 2.41. The molecular weight excluding hydrogens is 670 g/mol. The van der Waals surface area contributed by atoms with Crippen LogP contribution in [0.5, 0.6) is 0 Å². The summed E-state index contributed by atoms with van der Waals surface area (Å²) in [6, 6.07) is 6.28. The normalized spacial score (nSPS) is 19.5. The molecule has 1 atom stereocenters. The minimum Gasteiger partial charge on any atom is -0.411 e. The minimum absolute atomic E-state index is 0. The lowest BCUT2D eigenvalue weighted by molar-refractivity contribution is -0.274. The Morgan fingerprint density at radius 3 is 1.62 bits per heavy atom. The summed E-state index contributed by atoms with van der Waals surface area (Å²) in [4.78, 5) is 10.5. The van der Waals surface area contributed by atoms with Crippen LogP contribution < -0.4 is 5.73 Å². The Balaban J connectivity index is -0.000000610. The van der Waals surface area contributed by atoms with Crippen molar-refractivity contribution in [3.05, 3.63) is 29.8 Å². The second-order valence-electron chi connectivity index (χ2n) is 10.7. The average Bonchev–Trinajstić information content (AvgIpc) is 3.08. The molecule has 1 unspecified atom stereocenters. The zero-order valence-corrected chi connectivity index (χ0v) is 28.1. The first kappa shape index (κ1) is 51.9. The maximum Gasteiger partial charge on any atom is 0.358 e. The lowest BCUT2D eigenvalue weighted by Crippen LogP contribution is -2.57. The van der Waals surface area contributed by atoms with Crippen molar-refractivity contribution in [2.45, 2.75) is 112 Å². The molecule has 0 saturated carbocycles. The maximum absolute atomic E-state index is 11.8. The van der Waals surface area contributed by atoms with Gasteiger partial charge >= 0.3 is 10.1 Å². The van der Waals surface area contributed by atoms with Crippen molar-refractivity contribution in [2.24, 2.45) is 16.0 Å². The smallest absolute Gasteiger partial charge is 0.358 e. The molecule has 14 nitrogen and oxygen atoms in total. The Bertz CT molecular complexity index is 1140. The predicted molar refractivity (Wildman–Crippen MR) is 198 cm³/mol. The zero-order valence-electron chi connectivity index (χ0n) is 27.3. The van der Waals surface area contributed by atoms with Crippen LogP contribution in [0.15, 0.2) is 39.5 Å². The molecule has 15 heteroatoms. The molecule has 4 aliphatic heterocycles. The van der Waals surface area contributed by atoms with Gasteiger partial charge in [-0.3, -0.25) is 9.08 Å². The largest absolute Gasteiger partial charge is 0.411 e. The van der Waals surface area contributed by atoms with E-state index in [0.717, 1.165) is 36.2 Å². The van der Waals surface area contributed by atoms with Crippen molar-refractivity contribution in [3.63, 3.8) is 0 Å². The number of carbonyl (C=O) groups is 1. The van der Waals surface area contributed by atoms with Crippen LogP contribution in [0.4, 0.5) is 0 Å². The van der Waals surface area contributed by atoms with Gasteiger partial charge in [-0.1, -0.05) is 57.7 Å². The minimum atomic E-state index is -3.80. The Kier molecular flexibility index (Phi) is 30.2.